The first-order chi connectivity index (χ1) is 9.56. The maximum atomic E-state index is 12.1. The third-order valence-corrected chi connectivity index (χ3v) is 3.46. The summed E-state index contributed by atoms with van der Waals surface area (Å²) in [6.07, 6.45) is 0. The Hall–Kier alpha value is -1.78. The Balaban J connectivity index is 0.00000220. The van der Waals surface area contributed by atoms with Gasteiger partial charge in [0.05, 0.1) is 5.56 Å². The molecule has 1 aromatic heterocycles. The molecule has 0 aliphatic carbocycles. The summed E-state index contributed by atoms with van der Waals surface area (Å²) < 4.78 is 2.12. The molecule has 2 aromatic rings. The summed E-state index contributed by atoms with van der Waals surface area (Å²) in [5.74, 6) is -0.0663. The van der Waals surface area contributed by atoms with Gasteiger partial charge in [0, 0.05) is 30.2 Å². The number of para-hydroxylation sites is 1. The van der Waals surface area contributed by atoms with E-state index in [1.54, 1.807) is 0 Å². The van der Waals surface area contributed by atoms with Gasteiger partial charge >= 0.3 is 0 Å². The monoisotopic (exact) mass is 307 g/mol. The first-order valence-corrected chi connectivity index (χ1v) is 6.79. The summed E-state index contributed by atoms with van der Waals surface area (Å²) in [6, 6.07) is 10.1. The van der Waals surface area contributed by atoms with Crippen molar-refractivity contribution in [3.63, 3.8) is 0 Å². The SMILES string of the molecule is Cc1ccccc1-n1c(C)cc(C(=O)NCCN)c1C.Cl. The van der Waals surface area contributed by atoms with Crippen molar-refractivity contribution in [2.45, 2.75) is 20.8 Å². The van der Waals surface area contributed by atoms with Gasteiger partial charge in [-0.15, -0.1) is 12.4 Å². The Bertz CT molecular complexity index is 634. The Kier molecular flexibility index (Phi) is 6.00. The molecule has 2 rings (SSSR count). The zero-order valence-corrected chi connectivity index (χ0v) is 13.5. The summed E-state index contributed by atoms with van der Waals surface area (Å²) in [5.41, 5.74) is 10.4. The van der Waals surface area contributed by atoms with Crippen molar-refractivity contribution in [2.75, 3.05) is 13.1 Å². The standard InChI is InChI=1S/C16H21N3O.ClH/c1-11-6-4-5-7-15(11)19-12(2)10-14(13(19)3)16(20)18-9-8-17;/h4-7,10H,8-9,17H2,1-3H3,(H,18,20);1H. The summed E-state index contributed by atoms with van der Waals surface area (Å²) in [4.78, 5) is 12.1. The molecule has 0 fully saturated rings. The lowest BCUT2D eigenvalue weighted by molar-refractivity contribution is 0.0954. The van der Waals surface area contributed by atoms with Crippen LogP contribution in [0.3, 0.4) is 0 Å². The van der Waals surface area contributed by atoms with Gasteiger partial charge in [-0.1, -0.05) is 18.2 Å². The van der Waals surface area contributed by atoms with Gasteiger partial charge in [-0.2, -0.15) is 0 Å². The number of halogens is 1. The molecule has 0 spiro atoms. The smallest absolute Gasteiger partial charge is 0.253 e. The number of carbonyl (C=O) groups is 1. The normalized spacial score (nSPS) is 10.1. The highest BCUT2D eigenvalue weighted by molar-refractivity contribution is 5.95. The Morgan fingerprint density at radius 3 is 2.52 bits per heavy atom. The van der Waals surface area contributed by atoms with Crippen molar-refractivity contribution >= 4 is 18.3 Å². The number of hydrogen-bond acceptors (Lipinski definition) is 2. The molecule has 0 saturated heterocycles. The maximum absolute atomic E-state index is 12.1. The van der Waals surface area contributed by atoms with Gasteiger partial charge in [0.2, 0.25) is 0 Å². The molecule has 21 heavy (non-hydrogen) atoms. The second kappa shape index (κ2) is 7.29. The fraction of sp³-hybridized carbons (Fsp3) is 0.312. The van der Waals surface area contributed by atoms with E-state index >= 15 is 0 Å². The van der Waals surface area contributed by atoms with Crippen LogP contribution in [0.2, 0.25) is 0 Å². The highest BCUT2D eigenvalue weighted by Gasteiger charge is 2.16. The Morgan fingerprint density at radius 2 is 1.90 bits per heavy atom. The van der Waals surface area contributed by atoms with Crippen LogP contribution in [0.5, 0.6) is 0 Å². The average molecular weight is 308 g/mol. The molecule has 1 aromatic carbocycles. The van der Waals surface area contributed by atoms with Crippen LogP contribution in [0, 0.1) is 20.8 Å². The third kappa shape index (κ3) is 3.46. The van der Waals surface area contributed by atoms with Crippen LogP contribution >= 0.6 is 12.4 Å². The molecule has 4 nitrogen and oxygen atoms in total. The van der Waals surface area contributed by atoms with Crippen molar-refractivity contribution in [2.24, 2.45) is 5.73 Å². The second-order valence-corrected chi connectivity index (χ2v) is 4.95. The van der Waals surface area contributed by atoms with E-state index in [1.807, 2.05) is 32.0 Å². The van der Waals surface area contributed by atoms with Crippen LogP contribution < -0.4 is 11.1 Å². The predicted molar refractivity (Wildman–Crippen MR) is 88.6 cm³/mol. The van der Waals surface area contributed by atoms with Crippen LogP contribution in [0.4, 0.5) is 0 Å². The van der Waals surface area contributed by atoms with Gasteiger partial charge in [-0.25, -0.2) is 0 Å². The van der Waals surface area contributed by atoms with E-state index in [2.05, 4.69) is 28.9 Å². The molecule has 3 N–H and O–H groups in total. The molecule has 1 amide bonds. The number of amides is 1. The number of nitrogens with zero attached hydrogens (tertiary/aromatic N) is 1. The molecule has 5 heteroatoms. The Labute approximate surface area is 131 Å². The predicted octanol–water partition coefficient (Wildman–Crippen LogP) is 2.51. The van der Waals surface area contributed by atoms with Gasteiger partial charge < -0.3 is 15.6 Å². The van der Waals surface area contributed by atoms with Crippen LogP contribution in [-0.2, 0) is 0 Å². The van der Waals surface area contributed by atoms with E-state index in [-0.39, 0.29) is 18.3 Å². The Morgan fingerprint density at radius 1 is 1.24 bits per heavy atom. The minimum Gasteiger partial charge on any atom is -0.351 e. The quantitative estimate of drug-likeness (QED) is 0.912. The second-order valence-electron chi connectivity index (χ2n) is 4.95. The highest BCUT2D eigenvalue weighted by Crippen LogP contribution is 2.23. The molecule has 0 aliphatic rings. The summed E-state index contributed by atoms with van der Waals surface area (Å²) >= 11 is 0. The minimum atomic E-state index is -0.0663. The van der Waals surface area contributed by atoms with E-state index in [1.165, 1.54) is 5.56 Å². The van der Waals surface area contributed by atoms with E-state index in [4.69, 9.17) is 5.73 Å². The van der Waals surface area contributed by atoms with E-state index in [0.29, 0.717) is 18.7 Å². The third-order valence-electron chi connectivity index (χ3n) is 3.46. The van der Waals surface area contributed by atoms with Crippen molar-refractivity contribution in [3.05, 3.63) is 52.8 Å². The zero-order valence-electron chi connectivity index (χ0n) is 12.6. The van der Waals surface area contributed by atoms with Crippen molar-refractivity contribution in [1.29, 1.82) is 0 Å². The number of benzene rings is 1. The fourth-order valence-corrected chi connectivity index (χ4v) is 2.46. The zero-order chi connectivity index (χ0) is 14.7. The summed E-state index contributed by atoms with van der Waals surface area (Å²) in [5, 5.41) is 2.82. The molecule has 0 saturated carbocycles. The van der Waals surface area contributed by atoms with Gasteiger partial charge in [0.15, 0.2) is 0 Å². The summed E-state index contributed by atoms with van der Waals surface area (Å²) in [7, 11) is 0. The number of hydrogen-bond donors (Lipinski definition) is 2. The number of carbonyl (C=O) groups excluding carboxylic acids is 1. The van der Waals surface area contributed by atoms with Gasteiger partial charge in [-0.05, 0) is 38.5 Å². The molecule has 114 valence electrons. The lowest BCUT2D eigenvalue weighted by Crippen LogP contribution is -2.29. The molecule has 0 radical (unpaired) electrons. The van der Waals surface area contributed by atoms with E-state index in [9.17, 15) is 4.79 Å². The molecular weight excluding hydrogens is 286 g/mol. The van der Waals surface area contributed by atoms with E-state index in [0.717, 1.165) is 17.1 Å². The number of nitrogens with one attached hydrogen (secondary N) is 1. The first kappa shape index (κ1) is 17.3. The largest absolute Gasteiger partial charge is 0.351 e. The van der Waals surface area contributed by atoms with Crippen molar-refractivity contribution in [3.8, 4) is 5.69 Å². The van der Waals surface area contributed by atoms with Gasteiger partial charge in [0.25, 0.3) is 5.91 Å². The van der Waals surface area contributed by atoms with E-state index < -0.39 is 0 Å². The molecule has 0 bridgehead atoms. The van der Waals surface area contributed by atoms with Gasteiger partial charge in [-0.3, -0.25) is 4.79 Å². The molecular formula is C16H22ClN3O. The maximum Gasteiger partial charge on any atom is 0.253 e. The number of rotatable bonds is 4. The lowest BCUT2D eigenvalue weighted by atomic mass is 10.2. The average Bonchev–Trinajstić information content (AvgIpc) is 2.72. The lowest BCUT2D eigenvalue weighted by Gasteiger charge is -2.12. The van der Waals surface area contributed by atoms with Crippen LogP contribution in [-0.4, -0.2) is 23.6 Å². The van der Waals surface area contributed by atoms with Crippen LogP contribution in [0.15, 0.2) is 30.3 Å². The fourth-order valence-electron chi connectivity index (χ4n) is 2.46. The molecule has 1 heterocycles. The molecule has 0 aliphatic heterocycles. The number of nitrogens with two attached hydrogens (primary N) is 1. The van der Waals surface area contributed by atoms with Gasteiger partial charge in [0.1, 0.15) is 0 Å². The molecule has 0 atom stereocenters. The highest BCUT2D eigenvalue weighted by atomic mass is 35.5. The molecule has 0 unspecified atom stereocenters. The van der Waals surface area contributed by atoms with Crippen LogP contribution in [0.1, 0.15) is 27.3 Å². The van der Waals surface area contributed by atoms with Crippen molar-refractivity contribution in [1.82, 2.24) is 9.88 Å². The summed E-state index contributed by atoms with van der Waals surface area (Å²) in [6.45, 7) is 6.99. The van der Waals surface area contributed by atoms with Crippen LogP contribution in [0.25, 0.3) is 5.69 Å². The minimum absolute atomic E-state index is 0. The number of aryl methyl sites for hydroxylation is 2. The van der Waals surface area contributed by atoms with Crippen molar-refractivity contribution < 1.29 is 4.79 Å². The topological polar surface area (TPSA) is 60.0 Å². The first-order valence-electron chi connectivity index (χ1n) is 6.79. The number of aromatic nitrogens is 1.